The van der Waals surface area contributed by atoms with Gasteiger partial charge in [-0.3, -0.25) is 14.5 Å². The Labute approximate surface area is 153 Å². The normalized spacial score (nSPS) is 14.8. The molecule has 0 spiro atoms. The van der Waals surface area contributed by atoms with Crippen LogP contribution in [0.2, 0.25) is 0 Å². The molecule has 26 heavy (non-hydrogen) atoms. The lowest BCUT2D eigenvalue weighted by Gasteiger charge is -2.34. The van der Waals surface area contributed by atoms with Crippen LogP contribution in [0.5, 0.6) is 0 Å². The average Bonchev–Trinajstić information content (AvgIpc) is 2.65. The molecule has 0 unspecified atom stereocenters. The Balaban J connectivity index is 1.42. The zero-order valence-electron chi connectivity index (χ0n) is 14.7. The van der Waals surface area contributed by atoms with Gasteiger partial charge in [-0.15, -0.1) is 0 Å². The first-order valence-corrected chi connectivity index (χ1v) is 8.79. The second kappa shape index (κ2) is 8.49. The number of piperazine rings is 1. The van der Waals surface area contributed by atoms with E-state index in [-0.39, 0.29) is 11.8 Å². The van der Waals surface area contributed by atoms with Crippen molar-refractivity contribution in [1.29, 1.82) is 0 Å². The quantitative estimate of drug-likeness (QED) is 0.801. The summed E-state index contributed by atoms with van der Waals surface area (Å²) < 4.78 is 0. The summed E-state index contributed by atoms with van der Waals surface area (Å²) in [4.78, 5) is 28.5. The molecular weight excluding hydrogens is 328 g/mol. The number of benzene rings is 2. The molecule has 6 heteroatoms. The van der Waals surface area contributed by atoms with E-state index in [0.29, 0.717) is 44.8 Å². The number of nitrogen functional groups attached to an aromatic ring is 1. The second-order valence-corrected chi connectivity index (χ2v) is 6.49. The monoisotopic (exact) mass is 352 g/mol. The number of hydrogen-bond acceptors (Lipinski definition) is 4. The van der Waals surface area contributed by atoms with E-state index >= 15 is 0 Å². The fourth-order valence-corrected chi connectivity index (χ4v) is 3.00. The molecule has 1 heterocycles. The Morgan fingerprint density at radius 1 is 0.923 bits per heavy atom. The summed E-state index contributed by atoms with van der Waals surface area (Å²) in [6.45, 7) is 3.04. The Bertz CT molecular complexity index is 738. The fourth-order valence-electron chi connectivity index (χ4n) is 3.00. The molecule has 0 bridgehead atoms. The van der Waals surface area contributed by atoms with E-state index in [1.54, 1.807) is 0 Å². The average molecular weight is 352 g/mol. The molecule has 3 N–H and O–H groups in total. The van der Waals surface area contributed by atoms with Gasteiger partial charge in [0, 0.05) is 37.6 Å². The molecule has 1 aliphatic heterocycles. The molecule has 1 aliphatic rings. The summed E-state index contributed by atoms with van der Waals surface area (Å²) in [5.41, 5.74) is 8.14. The van der Waals surface area contributed by atoms with Gasteiger partial charge in [0.05, 0.1) is 13.0 Å². The molecule has 0 aromatic heterocycles. The summed E-state index contributed by atoms with van der Waals surface area (Å²) in [6, 6.07) is 16.8. The number of nitrogens with zero attached hydrogens (tertiary/aromatic N) is 2. The molecule has 136 valence electrons. The van der Waals surface area contributed by atoms with Crippen LogP contribution in [0.4, 0.5) is 11.4 Å². The third-order valence-corrected chi connectivity index (χ3v) is 4.48. The lowest BCUT2D eigenvalue weighted by Crippen LogP contribution is -2.50. The van der Waals surface area contributed by atoms with Crippen LogP contribution in [0.25, 0.3) is 0 Å². The maximum Gasteiger partial charge on any atom is 0.238 e. The molecule has 6 nitrogen and oxygen atoms in total. The first-order chi connectivity index (χ1) is 12.6. The Morgan fingerprint density at radius 3 is 2.23 bits per heavy atom. The van der Waals surface area contributed by atoms with Crippen LogP contribution in [-0.4, -0.2) is 54.3 Å². The molecule has 0 saturated carbocycles. The van der Waals surface area contributed by atoms with Crippen molar-refractivity contribution < 1.29 is 9.59 Å². The van der Waals surface area contributed by atoms with Gasteiger partial charge >= 0.3 is 0 Å². The molecule has 2 aromatic rings. The molecule has 0 radical (unpaired) electrons. The fraction of sp³-hybridized carbons (Fsp3) is 0.300. The number of nitrogens with one attached hydrogen (secondary N) is 1. The van der Waals surface area contributed by atoms with Crippen LogP contribution >= 0.6 is 0 Å². The van der Waals surface area contributed by atoms with Gasteiger partial charge in [-0.1, -0.05) is 30.3 Å². The highest BCUT2D eigenvalue weighted by Gasteiger charge is 2.22. The second-order valence-electron chi connectivity index (χ2n) is 6.49. The van der Waals surface area contributed by atoms with Crippen molar-refractivity contribution in [3.63, 3.8) is 0 Å². The molecule has 1 saturated heterocycles. The number of rotatable bonds is 5. The Kier molecular flexibility index (Phi) is 5.86. The number of amides is 2. The minimum Gasteiger partial charge on any atom is -0.399 e. The number of nitrogens with two attached hydrogens (primary N) is 1. The summed E-state index contributed by atoms with van der Waals surface area (Å²) >= 11 is 0. The van der Waals surface area contributed by atoms with Crippen LogP contribution in [0.15, 0.2) is 54.6 Å². The Morgan fingerprint density at radius 2 is 1.58 bits per heavy atom. The Hall–Kier alpha value is -2.86. The largest absolute Gasteiger partial charge is 0.399 e. The van der Waals surface area contributed by atoms with E-state index in [1.165, 1.54) is 0 Å². The highest BCUT2D eigenvalue weighted by Crippen LogP contribution is 2.10. The van der Waals surface area contributed by atoms with Gasteiger partial charge in [0.2, 0.25) is 11.8 Å². The van der Waals surface area contributed by atoms with Gasteiger partial charge in [-0.25, -0.2) is 0 Å². The van der Waals surface area contributed by atoms with E-state index in [9.17, 15) is 9.59 Å². The molecule has 3 rings (SSSR count). The lowest BCUT2D eigenvalue weighted by molar-refractivity contribution is -0.132. The van der Waals surface area contributed by atoms with Gasteiger partial charge in [-0.2, -0.15) is 0 Å². The number of carbonyl (C=O) groups is 2. The maximum atomic E-state index is 12.4. The molecule has 0 aliphatic carbocycles. The SMILES string of the molecule is Nc1ccc(CC(=O)N2CCN(CC(=O)Nc3ccccc3)CC2)cc1. The van der Waals surface area contributed by atoms with Gasteiger partial charge in [0.1, 0.15) is 0 Å². The summed E-state index contributed by atoms with van der Waals surface area (Å²) in [6.07, 6.45) is 0.384. The van der Waals surface area contributed by atoms with Crippen LogP contribution < -0.4 is 11.1 Å². The standard InChI is InChI=1S/C20H24N4O2/c21-17-8-6-16(7-9-17)14-20(26)24-12-10-23(11-13-24)15-19(25)22-18-4-2-1-3-5-18/h1-9H,10-15,21H2,(H,22,25). The predicted octanol–water partition coefficient (Wildman–Crippen LogP) is 1.59. The summed E-state index contributed by atoms with van der Waals surface area (Å²) in [5.74, 6) is 0.0843. The highest BCUT2D eigenvalue weighted by molar-refractivity contribution is 5.92. The van der Waals surface area contributed by atoms with E-state index in [4.69, 9.17) is 5.73 Å². The molecule has 2 amide bonds. The van der Waals surface area contributed by atoms with E-state index < -0.39 is 0 Å². The first-order valence-electron chi connectivity index (χ1n) is 8.79. The highest BCUT2D eigenvalue weighted by atomic mass is 16.2. The molecule has 0 atom stereocenters. The van der Waals surface area contributed by atoms with E-state index in [0.717, 1.165) is 11.3 Å². The lowest BCUT2D eigenvalue weighted by atomic mass is 10.1. The van der Waals surface area contributed by atoms with Gasteiger partial charge in [-0.05, 0) is 29.8 Å². The van der Waals surface area contributed by atoms with Crippen LogP contribution in [0.3, 0.4) is 0 Å². The van der Waals surface area contributed by atoms with Crippen molar-refractivity contribution in [1.82, 2.24) is 9.80 Å². The van der Waals surface area contributed by atoms with Gasteiger partial charge in [0.25, 0.3) is 0 Å². The van der Waals surface area contributed by atoms with Crippen molar-refractivity contribution >= 4 is 23.2 Å². The predicted molar refractivity (Wildman–Crippen MR) is 103 cm³/mol. The number of hydrogen-bond donors (Lipinski definition) is 2. The topological polar surface area (TPSA) is 78.7 Å². The molecule has 2 aromatic carbocycles. The molecular formula is C20H24N4O2. The smallest absolute Gasteiger partial charge is 0.238 e. The molecule has 1 fully saturated rings. The van der Waals surface area contributed by atoms with Crippen molar-refractivity contribution in [3.8, 4) is 0 Å². The van der Waals surface area contributed by atoms with Crippen molar-refractivity contribution in [2.24, 2.45) is 0 Å². The van der Waals surface area contributed by atoms with Gasteiger partial charge in [0.15, 0.2) is 0 Å². The first kappa shape index (κ1) is 17.9. The zero-order chi connectivity index (χ0) is 18.4. The van der Waals surface area contributed by atoms with Crippen LogP contribution in [-0.2, 0) is 16.0 Å². The maximum absolute atomic E-state index is 12.4. The van der Waals surface area contributed by atoms with Crippen LogP contribution in [0.1, 0.15) is 5.56 Å². The third-order valence-electron chi connectivity index (χ3n) is 4.48. The van der Waals surface area contributed by atoms with E-state index in [2.05, 4.69) is 10.2 Å². The summed E-state index contributed by atoms with van der Waals surface area (Å²) in [5, 5.41) is 2.89. The van der Waals surface area contributed by atoms with Crippen molar-refractivity contribution in [2.75, 3.05) is 43.8 Å². The third kappa shape index (κ3) is 5.07. The minimum atomic E-state index is -0.0298. The number of anilines is 2. The zero-order valence-corrected chi connectivity index (χ0v) is 14.7. The van der Waals surface area contributed by atoms with Crippen LogP contribution in [0, 0.1) is 0 Å². The van der Waals surface area contributed by atoms with Crippen molar-refractivity contribution in [2.45, 2.75) is 6.42 Å². The van der Waals surface area contributed by atoms with E-state index in [1.807, 2.05) is 59.5 Å². The van der Waals surface area contributed by atoms with Crippen molar-refractivity contribution in [3.05, 3.63) is 60.2 Å². The number of carbonyl (C=O) groups excluding carboxylic acids is 2. The van der Waals surface area contributed by atoms with Gasteiger partial charge < -0.3 is 16.0 Å². The summed E-state index contributed by atoms with van der Waals surface area (Å²) in [7, 11) is 0. The number of para-hydroxylation sites is 1. The minimum absolute atomic E-state index is 0.0298.